The van der Waals surface area contributed by atoms with Crippen molar-refractivity contribution in [2.45, 2.75) is 29.8 Å². The van der Waals surface area contributed by atoms with Crippen molar-refractivity contribution >= 4 is 28.7 Å². The Balaban J connectivity index is 1.37. The van der Waals surface area contributed by atoms with Crippen molar-refractivity contribution in [3.8, 4) is 0 Å². The normalized spacial score (nSPS) is 10.9. The summed E-state index contributed by atoms with van der Waals surface area (Å²) >= 11 is 1.50. The van der Waals surface area contributed by atoms with Crippen LogP contribution in [0.2, 0.25) is 0 Å². The Bertz CT molecular complexity index is 1120. The van der Waals surface area contributed by atoms with Gasteiger partial charge in [0, 0.05) is 24.2 Å². The van der Waals surface area contributed by atoms with E-state index in [1.54, 1.807) is 12.3 Å². The van der Waals surface area contributed by atoms with E-state index in [9.17, 15) is 4.79 Å². The highest BCUT2D eigenvalue weighted by atomic mass is 32.2. The number of para-hydroxylation sites is 2. The molecule has 0 atom stereocenters. The van der Waals surface area contributed by atoms with Crippen LogP contribution in [-0.4, -0.2) is 27.0 Å². The summed E-state index contributed by atoms with van der Waals surface area (Å²) in [6, 6.07) is 21.7. The van der Waals surface area contributed by atoms with Crippen LogP contribution in [0.25, 0.3) is 11.0 Å². The highest BCUT2D eigenvalue weighted by molar-refractivity contribution is 7.99. The largest absolute Gasteiger partial charge is 0.352 e. The third kappa shape index (κ3) is 4.49. The van der Waals surface area contributed by atoms with Gasteiger partial charge < -0.3 is 9.88 Å². The van der Waals surface area contributed by atoms with E-state index in [0.29, 0.717) is 17.1 Å². The van der Waals surface area contributed by atoms with Gasteiger partial charge in [-0.3, -0.25) is 4.79 Å². The van der Waals surface area contributed by atoms with E-state index < -0.39 is 0 Å². The molecular weight excluding hydrogens is 380 g/mol. The molecule has 4 rings (SSSR count). The molecule has 0 spiro atoms. The van der Waals surface area contributed by atoms with Crippen LogP contribution in [0.4, 0.5) is 0 Å². The molecule has 146 valence electrons. The van der Waals surface area contributed by atoms with Gasteiger partial charge in [0.1, 0.15) is 10.9 Å². The zero-order valence-corrected chi connectivity index (χ0v) is 17.0. The number of aryl methyl sites for hydroxylation is 2. The molecule has 0 fully saturated rings. The SMILES string of the molecule is Cc1nc2ccccc2n1CCCNC(=O)c1cccnc1Sc1ccccc1. The fraction of sp³-hybridized carbons (Fsp3) is 0.174. The number of nitrogens with zero attached hydrogens (tertiary/aromatic N) is 3. The van der Waals surface area contributed by atoms with Crippen molar-refractivity contribution < 1.29 is 4.79 Å². The molecule has 1 N–H and O–H groups in total. The van der Waals surface area contributed by atoms with Crippen molar-refractivity contribution in [1.82, 2.24) is 19.9 Å². The number of carbonyl (C=O) groups is 1. The van der Waals surface area contributed by atoms with Crippen LogP contribution in [0.3, 0.4) is 0 Å². The van der Waals surface area contributed by atoms with Crippen molar-refractivity contribution in [2.75, 3.05) is 6.54 Å². The molecule has 0 unspecified atom stereocenters. The van der Waals surface area contributed by atoms with E-state index in [2.05, 4.69) is 25.9 Å². The summed E-state index contributed by atoms with van der Waals surface area (Å²) in [5.41, 5.74) is 2.74. The molecule has 0 aliphatic carbocycles. The van der Waals surface area contributed by atoms with E-state index >= 15 is 0 Å². The Kier molecular flexibility index (Phi) is 5.91. The van der Waals surface area contributed by atoms with E-state index in [4.69, 9.17) is 0 Å². The van der Waals surface area contributed by atoms with Crippen molar-refractivity contribution in [3.63, 3.8) is 0 Å². The van der Waals surface area contributed by atoms with Gasteiger partial charge in [-0.1, -0.05) is 42.1 Å². The Hall–Kier alpha value is -3.12. The van der Waals surface area contributed by atoms with Crippen LogP contribution in [-0.2, 0) is 6.54 Å². The van der Waals surface area contributed by atoms with Crippen LogP contribution < -0.4 is 5.32 Å². The van der Waals surface area contributed by atoms with E-state index in [1.807, 2.05) is 61.5 Å². The first kappa shape index (κ1) is 19.2. The standard InChI is InChI=1S/C23H22N4OS/c1-17-26-20-12-5-6-13-21(20)27(17)16-8-15-24-22(28)19-11-7-14-25-23(19)29-18-9-3-2-4-10-18/h2-7,9-14H,8,15-16H2,1H3,(H,24,28). The number of hydrogen-bond acceptors (Lipinski definition) is 4. The predicted molar refractivity (Wildman–Crippen MR) is 116 cm³/mol. The molecule has 2 heterocycles. The summed E-state index contributed by atoms with van der Waals surface area (Å²) < 4.78 is 2.20. The molecule has 0 aliphatic rings. The van der Waals surface area contributed by atoms with Gasteiger partial charge in [-0.25, -0.2) is 9.97 Å². The van der Waals surface area contributed by atoms with Gasteiger partial charge in [-0.15, -0.1) is 0 Å². The molecule has 5 nitrogen and oxygen atoms in total. The number of aromatic nitrogens is 3. The molecule has 2 aromatic carbocycles. The Labute approximate surface area is 174 Å². The lowest BCUT2D eigenvalue weighted by molar-refractivity contribution is 0.0949. The van der Waals surface area contributed by atoms with E-state index in [1.165, 1.54) is 11.8 Å². The van der Waals surface area contributed by atoms with Gasteiger partial charge in [0.05, 0.1) is 16.6 Å². The topological polar surface area (TPSA) is 59.8 Å². The fourth-order valence-corrected chi connectivity index (χ4v) is 4.16. The number of pyridine rings is 1. The second-order valence-corrected chi connectivity index (χ2v) is 7.74. The molecule has 0 saturated heterocycles. The molecule has 0 bridgehead atoms. The minimum Gasteiger partial charge on any atom is -0.352 e. The number of nitrogens with one attached hydrogen (secondary N) is 1. The van der Waals surface area contributed by atoms with Crippen molar-refractivity contribution in [2.24, 2.45) is 0 Å². The molecule has 0 saturated carbocycles. The fourth-order valence-electron chi connectivity index (χ4n) is 3.26. The predicted octanol–water partition coefficient (Wildman–Crippen LogP) is 4.71. The lowest BCUT2D eigenvalue weighted by Gasteiger charge is -2.10. The third-order valence-electron chi connectivity index (χ3n) is 4.66. The Morgan fingerprint density at radius 1 is 1.03 bits per heavy atom. The average Bonchev–Trinajstić information content (AvgIpc) is 3.07. The number of fused-ring (bicyclic) bond motifs is 1. The van der Waals surface area contributed by atoms with Gasteiger partial charge in [0.2, 0.25) is 0 Å². The summed E-state index contributed by atoms with van der Waals surface area (Å²) in [4.78, 5) is 22.8. The first-order valence-electron chi connectivity index (χ1n) is 9.60. The Morgan fingerprint density at radius 2 is 1.83 bits per heavy atom. The second kappa shape index (κ2) is 8.92. The molecule has 4 aromatic rings. The highest BCUT2D eigenvalue weighted by Crippen LogP contribution is 2.28. The van der Waals surface area contributed by atoms with Gasteiger partial charge in [0.15, 0.2) is 0 Å². The number of amides is 1. The number of hydrogen-bond donors (Lipinski definition) is 1. The van der Waals surface area contributed by atoms with Crippen molar-refractivity contribution in [1.29, 1.82) is 0 Å². The summed E-state index contributed by atoms with van der Waals surface area (Å²) in [7, 11) is 0. The molecular formula is C23H22N4OS. The molecule has 2 aromatic heterocycles. The van der Waals surface area contributed by atoms with Gasteiger partial charge in [-0.2, -0.15) is 0 Å². The van der Waals surface area contributed by atoms with Gasteiger partial charge >= 0.3 is 0 Å². The maximum atomic E-state index is 12.7. The van der Waals surface area contributed by atoms with E-state index in [-0.39, 0.29) is 5.91 Å². The zero-order chi connectivity index (χ0) is 20.1. The van der Waals surface area contributed by atoms with Crippen LogP contribution >= 0.6 is 11.8 Å². The smallest absolute Gasteiger partial charge is 0.254 e. The lowest BCUT2D eigenvalue weighted by Crippen LogP contribution is -2.26. The second-order valence-electron chi connectivity index (χ2n) is 6.68. The first-order valence-corrected chi connectivity index (χ1v) is 10.4. The molecule has 0 aliphatic heterocycles. The van der Waals surface area contributed by atoms with Crippen LogP contribution in [0.1, 0.15) is 22.6 Å². The van der Waals surface area contributed by atoms with Crippen LogP contribution in [0, 0.1) is 6.92 Å². The minimum absolute atomic E-state index is 0.0938. The Morgan fingerprint density at radius 3 is 2.69 bits per heavy atom. The van der Waals surface area contributed by atoms with E-state index in [0.717, 1.165) is 34.7 Å². The van der Waals surface area contributed by atoms with Crippen LogP contribution in [0.15, 0.2) is 82.8 Å². The molecule has 1 amide bonds. The molecule has 6 heteroatoms. The highest BCUT2D eigenvalue weighted by Gasteiger charge is 2.13. The summed E-state index contributed by atoms with van der Waals surface area (Å²) in [6.07, 6.45) is 2.54. The first-order chi connectivity index (χ1) is 14.2. The molecule has 29 heavy (non-hydrogen) atoms. The maximum absolute atomic E-state index is 12.7. The van der Waals surface area contributed by atoms with Gasteiger partial charge in [-0.05, 0) is 49.7 Å². The summed E-state index contributed by atoms with van der Waals surface area (Å²) in [5.74, 6) is 0.898. The van der Waals surface area contributed by atoms with Crippen LogP contribution in [0.5, 0.6) is 0 Å². The average molecular weight is 403 g/mol. The maximum Gasteiger partial charge on any atom is 0.254 e. The summed E-state index contributed by atoms with van der Waals surface area (Å²) in [6.45, 7) is 3.42. The zero-order valence-electron chi connectivity index (χ0n) is 16.2. The minimum atomic E-state index is -0.0938. The monoisotopic (exact) mass is 402 g/mol. The summed E-state index contributed by atoms with van der Waals surface area (Å²) in [5, 5.41) is 3.74. The molecule has 0 radical (unpaired) electrons. The quantitative estimate of drug-likeness (QED) is 0.455. The lowest BCUT2D eigenvalue weighted by atomic mass is 10.2. The number of benzene rings is 2. The van der Waals surface area contributed by atoms with Crippen molar-refractivity contribution in [3.05, 3.63) is 84.3 Å². The number of imidazole rings is 1. The number of carbonyl (C=O) groups excluding carboxylic acids is 1. The third-order valence-corrected chi connectivity index (χ3v) is 5.69. The number of rotatable bonds is 7. The van der Waals surface area contributed by atoms with Gasteiger partial charge in [0.25, 0.3) is 5.91 Å².